The van der Waals surface area contributed by atoms with Crippen molar-refractivity contribution < 1.29 is 14.2 Å². The van der Waals surface area contributed by atoms with Gasteiger partial charge in [0.1, 0.15) is 0 Å². The SMILES string of the molecule is CCCNCCCCCOc1c(OC)cccc1OC. The van der Waals surface area contributed by atoms with Gasteiger partial charge in [0.25, 0.3) is 0 Å². The fourth-order valence-corrected chi connectivity index (χ4v) is 1.96. The monoisotopic (exact) mass is 281 g/mol. The van der Waals surface area contributed by atoms with Crippen LogP contribution in [0.2, 0.25) is 0 Å². The molecule has 1 rings (SSSR count). The van der Waals surface area contributed by atoms with Crippen LogP contribution in [0.4, 0.5) is 0 Å². The fraction of sp³-hybridized carbons (Fsp3) is 0.625. The standard InChI is InChI=1S/C16H27NO3/c1-4-11-17-12-6-5-7-13-20-16-14(18-2)9-8-10-15(16)19-3/h8-10,17H,4-7,11-13H2,1-3H3. The number of ether oxygens (including phenoxy) is 3. The molecule has 4 nitrogen and oxygen atoms in total. The number of nitrogens with one attached hydrogen (secondary N) is 1. The minimum atomic E-state index is 0.685. The van der Waals surface area contributed by atoms with Gasteiger partial charge in [-0.2, -0.15) is 0 Å². The molecule has 0 spiro atoms. The molecule has 0 saturated heterocycles. The van der Waals surface area contributed by atoms with E-state index in [4.69, 9.17) is 14.2 Å². The predicted octanol–water partition coefficient (Wildman–Crippen LogP) is 3.25. The van der Waals surface area contributed by atoms with E-state index in [9.17, 15) is 0 Å². The molecule has 0 fully saturated rings. The third-order valence-corrected chi connectivity index (χ3v) is 3.05. The molecule has 4 heteroatoms. The van der Waals surface area contributed by atoms with Crippen LogP contribution >= 0.6 is 0 Å². The lowest BCUT2D eigenvalue weighted by Crippen LogP contribution is -2.15. The van der Waals surface area contributed by atoms with Crippen LogP contribution in [0.1, 0.15) is 32.6 Å². The lowest BCUT2D eigenvalue weighted by molar-refractivity contribution is 0.267. The third kappa shape index (κ3) is 5.70. The number of methoxy groups -OCH3 is 2. The zero-order valence-corrected chi connectivity index (χ0v) is 12.9. The highest BCUT2D eigenvalue weighted by atomic mass is 16.5. The average Bonchev–Trinajstić information content (AvgIpc) is 2.49. The summed E-state index contributed by atoms with van der Waals surface area (Å²) in [4.78, 5) is 0. The maximum atomic E-state index is 5.81. The Morgan fingerprint density at radius 3 is 2.25 bits per heavy atom. The van der Waals surface area contributed by atoms with Crippen LogP contribution in [0.25, 0.3) is 0 Å². The molecule has 0 saturated carbocycles. The van der Waals surface area contributed by atoms with Crippen molar-refractivity contribution >= 4 is 0 Å². The van der Waals surface area contributed by atoms with Gasteiger partial charge < -0.3 is 19.5 Å². The minimum Gasteiger partial charge on any atom is -0.493 e. The lowest BCUT2D eigenvalue weighted by Gasteiger charge is -2.14. The number of benzene rings is 1. The van der Waals surface area contributed by atoms with Crippen molar-refractivity contribution in [3.63, 3.8) is 0 Å². The first-order valence-corrected chi connectivity index (χ1v) is 7.38. The Morgan fingerprint density at radius 1 is 0.950 bits per heavy atom. The smallest absolute Gasteiger partial charge is 0.203 e. The summed E-state index contributed by atoms with van der Waals surface area (Å²) in [5.74, 6) is 2.13. The first-order valence-electron chi connectivity index (χ1n) is 7.38. The van der Waals surface area contributed by atoms with Crippen molar-refractivity contribution in [2.24, 2.45) is 0 Å². The Kier molecular flexibility index (Phi) is 8.63. The van der Waals surface area contributed by atoms with Crippen LogP contribution in [0, 0.1) is 0 Å². The molecule has 1 aromatic rings. The van der Waals surface area contributed by atoms with E-state index < -0.39 is 0 Å². The molecular formula is C16H27NO3. The predicted molar refractivity (Wildman–Crippen MR) is 82.1 cm³/mol. The second-order valence-electron chi connectivity index (χ2n) is 4.65. The van der Waals surface area contributed by atoms with Crippen LogP contribution in [0.15, 0.2) is 18.2 Å². The molecule has 114 valence electrons. The van der Waals surface area contributed by atoms with Crippen molar-refractivity contribution in [3.05, 3.63) is 18.2 Å². The first kappa shape index (κ1) is 16.6. The van der Waals surface area contributed by atoms with Crippen LogP contribution < -0.4 is 19.5 Å². The van der Waals surface area contributed by atoms with Gasteiger partial charge in [0.05, 0.1) is 20.8 Å². The Balaban J connectivity index is 2.27. The van der Waals surface area contributed by atoms with Gasteiger partial charge in [0.15, 0.2) is 11.5 Å². The summed E-state index contributed by atoms with van der Waals surface area (Å²) in [7, 11) is 3.28. The molecule has 0 amide bonds. The van der Waals surface area contributed by atoms with E-state index in [0.29, 0.717) is 23.9 Å². The van der Waals surface area contributed by atoms with Gasteiger partial charge in [0, 0.05) is 0 Å². The molecule has 0 heterocycles. The van der Waals surface area contributed by atoms with Gasteiger partial charge >= 0.3 is 0 Å². The van der Waals surface area contributed by atoms with Gasteiger partial charge in [-0.3, -0.25) is 0 Å². The lowest BCUT2D eigenvalue weighted by atomic mass is 10.2. The Labute approximate surface area is 122 Å². The van der Waals surface area contributed by atoms with E-state index in [1.54, 1.807) is 14.2 Å². The molecular weight excluding hydrogens is 254 g/mol. The van der Waals surface area contributed by atoms with E-state index in [1.165, 1.54) is 12.8 Å². The van der Waals surface area contributed by atoms with Gasteiger partial charge in [-0.1, -0.05) is 13.0 Å². The molecule has 0 aliphatic heterocycles. The molecule has 1 aromatic carbocycles. The van der Waals surface area contributed by atoms with E-state index in [0.717, 1.165) is 25.9 Å². The molecule has 20 heavy (non-hydrogen) atoms. The average molecular weight is 281 g/mol. The topological polar surface area (TPSA) is 39.7 Å². The number of rotatable bonds is 11. The summed E-state index contributed by atoms with van der Waals surface area (Å²) in [6, 6.07) is 5.66. The largest absolute Gasteiger partial charge is 0.493 e. The van der Waals surface area contributed by atoms with Crippen molar-refractivity contribution in [2.75, 3.05) is 33.9 Å². The summed E-state index contributed by atoms with van der Waals surface area (Å²) in [5.41, 5.74) is 0. The second-order valence-corrected chi connectivity index (χ2v) is 4.65. The second kappa shape index (κ2) is 10.4. The molecule has 0 radical (unpaired) electrons. The normalized spacial score (nSPS) is 10.3. The highest BCUT2D eigenvalue weighted by Gasteiger charge is 2.10. The maximum absolute atomic E-state index is 5.81. The summed E-state index contributed by atoms with van der Waals surface area (Å²) in [6.45, 7) is 5.06. The van der Waals surface area contributed by atoms with Crippen molar-refractivity contribution in [1.82, 2.24) is 5.32 Å². The van der Waals surface area contributed by atoms with E-state index in [1.807, 2.05) is 18.2 Å². The third-order valence-electron chi connectivity index (χ3n) is 3.05. The Bertz CT molecular complexity index is 346. The van der Waals surface area contributed by atoms with Gasteiger partial charge in [-0.25, -0.2) is 0 Å². The molecule has 0 unspecified atom stereocenters. The molecule has 0 aliphatic rings. The summed E-state index contributed by atoms with van der Waals surface area (Å²) in [6.07, 6.45) is 4.58. The Morgan fingerprint density at radius 2 is 1.65 bits per heavy atom. The number of hydrogen-bond donors (Lipinski definition) is 1. The van der Waals surface area contributed by atoms with Crippen LogP contribution in [-0.4, -0.2) is 33.9 Å². The number of unbranched alkanes of at least 4 members (excludes halogenated alkanes) is 2. The summed E-state index contributed by atoms with van der Waals surface area (Å²) < 4.78 is 16.4. The summed E-state index contributed by atoms with van der Waals surface area (Å²) in [5, 5.41) is 3.40. The van der Waals surface area contributed by atoms with Gasteiger partial charge in [0.2, 0.25) is 5.75 Å². The van der Waals surface area contributed by atoms with E-state index in [2.05, 4.69) is 12.2 Å². The van der Waals surface area contributed by atoms with Crippen LogP contribution in [-0.2, 0) is 0 Å². The van der Waals surface area contributed by atoms with Crippen molar-refractivity contribution in [2.45, 2.75) is 32.6 Å². The summed E-state index contributed by atoms with van der Waals surface area (Å²) >= 11 is 0. The molecule has 0 atom stereocenters. The fourth-order valence-electron chi connectivity index (χ4n) is 1.96. The van der Waals surface area contributed by atoms with Gasteiger partial charge in [-0.15, -0.1) is 0 Å². The first-order chi connectivity index (χ1) is 9.83. The maximum Gasteiger partial charge on any atom is 0.203 e. The highest BCUT2D eigenvalue weighted by Crippen LogP contribution is 2.36. The van der Waals surface area contributed by atoms with Crippen LogP contribution in [0.3, 0.4) is 0 Å². The van der Waals surface area contributed by atoms with Crippen LogP contribution in [0.5, 0.6) is 17.2 Å². The molecule has 0 aliphatic carbocycles. The van der Waals surface area contributed by atoms with E-state index in [-0.39, 0.29) is 0 Å². The number of para-hydroxylation sites is 1. The minimum absolute atomic E-state index is 0.685. The molecule has 0 aromatic heterocycles. The van der Waals surface area contributed by atoms with Gasteiger partial charge in [-0.05, 0) is 50.9 Å². The zero-order valence-electron chi connectivity index (χ0n) is 12.9. The Hall–Kier alpha value is -1.42. The molecule has 1 N–H and O–H groups in total. The zero-order chi connectivity index (χ0) is 14.6. The number of hydrogen-bond acceptors (Lipinski definition) is 4. The highest BCUT2D eigenvalue weighted by molar-refractivity contribution is 5.51. The quantitative estimate of drug-likeness (QED) is 0.632. The van der Waals surface area contributed by atoms with Crippen molar-refractivity contribution in [3.8, 4) is 17.2 Å². The van der Waals surface area contributed by atoms with E-state index >= 15 is 0 Å². The molecule has 0 bridgehead atoms. The van der Waals surface area contributed by atoms with Crippen molar-refractivity contribution in [1.29, 1.82) is 0 Å².